The Balaban J connectivity index is 1.29. The Kier molecular flexibility index (Phi) is 7.77. The molecule has 5 heteroatoms. The zero-order valence-corrected chi connectivity index (χ0v) is 18.8. The Hall–Kier alpha value is -3.31. The molecule has 4 aromatic rings. The highest BCUT2D eigenvalue weighted by atomic mass is 32.2. The number of hydrogen-bond acceptors (Lipinski definition) is 3. The monoisotopic (exact) mass is 441 g/mol. The molecule has 162 valence electrons. The minimum Gasteiger partial charge on any atom is -0.352 e. The minimum absolute atomic E-state index is 0.106. The van der Waals surface area contributed by atoms with Crippen molar-refractivity contribution in [2.75, 3.05) is 5.75 Å². The van der Waals surface area contributed by atoms with Gasteiger partial charge in [0.2, 0.25) is 5.91 Å². The van der Waals surface area contributed by atoms with Gasteiger partial charge in [-0.2, -0.15) is 0 Å². The van der Waals surface area contributed by atoms with Crippen molar-refractivity contribution in [2.24, 2.45) is 0 Å². The number of H-pyrrole nitrogens is 1. The number of aromatic amines is 1. The van der Waals surface area contributed by atoms with Gasteiger partial charge < -0.3 is 10.3 Å². The number of carbonyl (C=O) groups is 1. The predicted molar refractivity (Wildman–Crippen MR) is 132 cm³/mol. The van der Waals surface area contributed by atoms with Gasteiger partial charge in [-0.25, -0.2) is 4.98 Å². The molecular formula is C27H27N3OS. The van der Waals surface area contributed by atoms with Crippen LogP contribution in [0.15, 0.2) is 96.2 Å². The Labute approximate surface area is 193 Å². The second kappa shape index (κ2) is 11.3. The molecule has 0 aliphatic rings. The molecule has 3 aromatic carbocycles. The van der Waals surface area contributed by atoms with Gasteiger partial charge in [-0.1, -0.05) is 103 Å². The van der Waals surface area contributed by atoms with Gasteiger partial charge in [-0.15, -0.1) is 0 Å². The molecular weight excluding hydrogens is 414 g/mol. The second-order valence-corrected chi connectivity index (χ2v) is 8.65. The molecule has 2 N–H and O–H groups in total. The van der Waals surface area contributed by atoms with E-state index in [2.05, 4.69) is 34.6 Å². The van der Waals surface area contributed by atoms with Crippen molar-refractivity contribution in [3.8, 4) is 22.5 Å². The van der Waals surface area contributed by atoms with Crippen LogP contribution in [0.25, 0.3) is 22.5 Å². The number of thioether (sulfide) groups is 1. The quantitative estimate of drug-likeness (QED) is 0.224. The molecule has 0 unspecified atom stereocenters. The van der Waals surface area contributed by atoms with Crippen LogP contribution in [0.5, 0.6) is 0 Å². The van der Waals surface area contributed by atoms with Crippen molar-refractivity contribution in [1.82, 2.24) is 15.3 Å². The van der Waals surface area contributed by atoms with Crippen LogP contribution in [-0.4, -0.2) is 21.6 Å². The Morgan fingerprint density at radius 2 is 1.44 bits per heavy atom. The van der Waals surface area contributed by atoms with Crippen molar-refractivity contribution < 1.29 is 4.79 Å². The summed E-state index contributed by atoms with van der Waals surface area (Å²) in [5.41, 5.74) is 5.36. The van der Waals surface area contributed by atoms with Crippen molar-refractivity contribution >= 4 is 17.7 Å². The van der Waals surface area contributed by atoms with Crippen LogP contribution >= 0.6 is 11.8 Å². The molecule has 4 rings (SSSR count). The minimum atomic E-state index is 0.106. The number of aromatic nitrogens is 2. The van der Waals surface area contributed by atoms with Crippen LogP contribution in [0.3, 0.4) is 0 Å². The van der Waals surface area contributed by atoms with Crippen LogP contribution < -0.4 is 5.32 Å². The molecule has 4 nitrogen and oxygen atoms in total. The van der Waals surface area contributed by atoms with E-state index in [1.807, 2.05) is 66.7 Å². The molecule has 1 aromatic heterocycles. The molecule has 0 radical (unpaired) electrons. The number of imidazole rings is 1. The third-order valence-corrected chi connectivity index (χ3v) is 6.12. The third-order valence-electron chi connectivity index (χ3n) is 5.16. The first kappa shape index (κ1) is 21.9. The maximum atomic E-state index is 12.1. The number of amides is 1. The van der Waals surface area contributed by atoms with Crippen molar-refractivity contribution in [3.05, 3.63) is 96.6 Å². The number of rotatable bonds is 10. The first-order chi connectivity index (χ1) is 15.8. The smallest absolute Gasteiger partial charge is 0.220 e. The normalized spacial score (nSPS) is 10.8. The fraction of sp³-hybridized carbons (Fsp3) is 0.185. The lowest BCUT2D eigenvalue weighted by atomic mass is 10.1. The van der Waals surface area contributed by atoms with E-state index < -0.39 is 0 Å². The maximum Gasteiger partial charge on any atom is 0.220 e. The van der Waals surface area contributed by atoms with E-state index in [1.54, 1.807) is 11.8 Å². The molecule has 0 atom stereocenters. The Bertz CT molecular complexity index is 1050. The molecule has 0 fully saturated rings. The van der Waals surface area contributed by atoms with E-state index in [0.29, 0.717) is 13.0 Å². The van der Waals surface area contributed by atoms with Gasteiger partial charge in [0.05, 0.1) is 11.4 Å². The number of hydrogen-bond donors (Lipinski definition) is 2. The lowest BCUT2D eigenvalue weighted by Gasteiger charge is -2.05. The topological polar surface area (TPSA) is 57.8 Å². The van der Waals surface area contributed by atoms with Gasteiger partial charge in [0.1, 0.15) is 0 Å². The average Bonchev–Trinajstić information content (AvgIpc) is 3.28. The number of nitrogens with zero attached hydrogens (tertiary/aromatic N) is 1. The van der Waals surface area contributed by atoms with Gasteiger partial charge in [-0.3, -0.25) is 4.79 Å². The van der Waals surface area contributed by atoms with Crippen LogP contribution in [0.4, 0.5) is 0 Å². The van der Waals surface area contributed by atoms with Crippen LogP contribution in [-0.2, 0) is 11.3 Å². The van der Waals surface area contributed by atoms with E-state index in [9.17, 15) is 4.79 Å². The number of nitrogens with one attached hydrogen (secondary N) is 2. The standard InChI is InChI=1S/C27H27N3OS/c31-24(28-20-21-12-4-1-5-13-21)18-10-11-19-32-27-29-25(22-14-6-2-7-15-22)26(30-27)23-16-8-3-9-17-23/h1-9,12-17H,10-11,18-20H2,(H,28,31)(H,29,30). The molecule has 0 aliphatic heterocycles. The summed E-state index contributed by atoms with van der Waals surface area (Å²) in [6, 6.07) is 30.6. The van der Waals surface area contributed by atoms with Crippen LogP contribution in [0.1, 0.15) is 24.8 Å². The fourth-order valence-corrected chi connectivity index (χ4v) is 4.35. The second-order valence-electron chi connectivity index (χ2n) is 7.57. The zero-order valence-electron chi connectivity index (χ0n) is 18.0. The summed E-state index contributed by atoms with van der Waals surface area (Å²) in [5.74, 6) is 1.02. The summed E-state index contributed by atoms with van der Waals surface area (Å²) < 4.78 is 0. The largest absolute Gasteiger partial charge is 0.352 e. The van der Waals surface area contributed by atoms with Crippen molar-refractivity contribution in [3.63, 3.8) is 0 Å². The van der Waals surface area contributed by atoms with Gasteiger partial charge in [0.25, 0.3) is 0 Å². The van der Waals surface area contributed by atoms with Crippen molar-refractivity contribution in [1.29, 1.82) is 0 Å². The van der Waals surface area contributed by atoms with Crippen molar-refractivity contribution in [2.45, 2.75) is 31.0 Å². The summed E-state index contributed by atoms with van der Waals surface area (Å²) in [4.78, 5) is 20.5. The number of carbonyl (C=O) groups excluding carboxylic acids is 1. The summed E-state index contributed by atoms with van der Waals surface area (Å²) in [7, 11) is 0. The summed E-state index contributed by atoms with van der Waals surface area (Å²) >= 11 is 1.71. The molecule has 0 saturated carbocycles. The molecule has 0 spiro atoms. The highest BCUT2D eigenvalue weighted by Crippen LogP contribution is 2.32. The first-order valence-electron chi connectivity index (χ1n) is 10.9. The summed E-state index contributed by atoms with van der Waals surface area (Å²) in [6.45, 7) is 0.589. The third kappa shape index (κ3) is 6.11. The van der Waals surface area contributed by atoms with E-state index in [-0.39, 0.29) is 5.91 Å². The highest BCUT2D eigenvalue weighted by Gasteiger charge is 2.14. The number of unbranched alkanes of at least 4 members (excludes halogenated alkanes) is 1. The molecule has 0 saturated heterocycles. The SMILES string of the molecule is O=C(CCCCSc1nc(-c2ccccc2)c(-c2ccccc2)[nH]1)NCc1ccccc1. The first-order valence-corrected chi connectivity index (χ1v) is 11.9. The molecule has 0 bridgehead atoms. The molecule has 1 amide bonds. The summed E-state index contributed by atoms with van der Waals surface area (Å²) in [6.07, 6.45) is 2.38. The Morgan fingerprint density at radius 1 is 0.812 bits per heavy atom. The van der Waals surface area contributed by atoms with E-state index in [0.717, 1.165) is 51.8 Å². The zero-order chi connectivity index (χ0) is 22.0. The van der Waals surface area contributed by atoms with Gasteiger partial charge in [0.15, 0.2) is 5.16 Å². The fourth-order valence-electron chi connectivity index (χ4n) is 3.48. The molecule has 0 aliphatic carbocycles. The van der Waals surface area contributed by atoms with Crippen LogP contribution in [0.2, 0.25) is 0 Å². The average molecular weight is 442 g/mol. The molecule has 1 heterocycles. The Morgan fingerprint density at radius 3 is 2.12 bits per heavy atom. The van der Waals surface area contributed by atoms with Gasteiger partial charge >= 0.3 is 0 Å². The van der Waals surface area contributed by atoms with E-state index in [4.69, 9.17) is 4.98 Å². The number of benzene rings is 3. The van der Waals surface area contributed by atoms with Gasteiger partial charge in [-0.05, 0) is 18.4 Å². The van der Waals surface area contributed by atoms with Crippen LogP contribution in [0, 0.1) is 0 Å². The van der Waals surface area contributed by atoms with Gasteiger partial charge in [0, 0.05) is 29.8 Å². The lowest BCUT2D eigenvalue weighted by molar-refractivity contribution is -0.121. The van der Waals surface area contributed by atoms with E-state index >= 15 is 0 Å². The maximum absolute atomic E-state index is 12.1. The highest BCUT2D eigenvalue weighted by molar-refractivity contribution is 7.99. The molecule has 32 heavy (non-hydrogen) atoms. The lowest BCUT2D eigenvalue weighted by Crippen LogP contribution is -2.22. The predicted octanol–water partition coefficient (Wildman–Crippen LogP) is 6.32. The summed E-state index contributed by atoms with van der Waals surface area (Å²) in [5, 5.41) is 3.90. The van der Waals surface area contributed by atoms with E-state index in [1.165, 1.54) is 0 Å².